The molecule has 0 saturated carbocycles. The van der Waals surface area contributed by atoms with Crippen LogP contribution in [-0.2, 0) is 4.79 Å². The Labute approximate surface area is 197 Å². The zero-order chi connectivity index (χ0) is 24.1. The van der Waals surface area contributed by atoms with Crippen molar-refractivity contribution in [3.63, 3.8) is 0 Å². The predicted molar refractivity (Wildman–Crippen MR) is 129 cm³/mol. The van der Waals surface area contributed by atoms with E-state index in [-0.39, 0.29) is 23.7 Å². The van der Waals surface area contributed by atoms with Crippen LogP contribution < -0.4 is 4.74 Å². The summed E-state index contributed by atoms with van der Waals surface area (Å²) in [5.41, 5.74) is 2.27. The van der Waals surface area contributed by atoms with Crippen LogP contribution in [0, 0.1) is 0 Å². The summed E-state index contributed by atoms with van der Waals surface area (Å²) in [6, 6.07) is 23.7. The van der Waals surface area contributed by atoms with E-state index in [1.54, 1.807) is 12.1 Å². The van der Waals surface area contributed by atoms with Crippen molar-refractivity contribution < 1.29 is 19.7 Å². The molecular weight excluding hydrogens is 430 g/mol. The van der Waals surface area contributed by atoms with E-state index in [4.69, 9.17) is 4.74 Å². The summed E-state index contributed by atoms with van der Waals surface area (Å²) in [6.45, 7) is 4.79. The SMILES string of the molecule is C=C(C)C(=O)C(O)COc1ccc(-c2nc(-c3ccccc3)nc(-c3ccccc3)n2)c(O)c1. The number of phenolic OH excluding ortho intramolecular Hbond substituents is 1. The van der Waals surface area contributed by atoms with E-state index in [0.717, 1.165) is 11.1 Å². The number of aliphatic hydroxyl groups excluding tert-OH is 1. The topological polar surface area (TPSA) is 105 Å². The van der Waals surface area contributed by atoms with Gasteiger partial charge in [0.25, 0.3) is 0 Å². The first-order chi connectivity index (χ1) is 16.4. The molecule has 1 atom stereocenters. The number of hydrogen-bond acceptors (Lipinski definition) is 7. The van der Waals surface area contributed by atoms with Gasteiger partial charge in [-0.15, -0.1) is 0 Å². The number of ether oxygens (including phenoxy) is 1. The van der Waals surface area contributed by atoms with Crippen LogP contribution in [0.2, 0.25) is 0 Å². The zero-order valence-electron chi connectivity index (χ0n) is 18.5. The largest absolute Gasteiger partial charge is 0.507 e. The molecule has 7 heteroatoms. The minimum Gasteiger partial charge on any atom is -0.507 e. The van der Waals surface area contributed by atoms with Crippen LogP contribution in [0.4, 0.5) is 0 Å². The molecule has 0 spiro atoms. The summed E-state index contributed by atoms with van der Waals surface area (Å²) in [5, 5.41) is 20.6. The molecular formula is C27H23N3O4. The number of rotatable bonds is 8. The highest BCUT2D eigenvalue weighted by Crippen LogP contribution is 2.32. The van der Waals surface area contributed by atoms with Crippen molar-refractivity contribution in [3.05, 3.63) is 91.0 Å². The van der Waals surface area contributed by atoms with E-state index >= 15 is 0 Å². The highest BCUT2D eigenvalue weighted by atomic mass is 16.5. The molecule has 3 aromatic carbocycles. The highest BCUT2D eigenvalue weighted by molar-refractivity contribution is 5.97. The average molecular weight is 453 g/mol. The third-order valence-corrected chi connectivity index (χ3v) is 5.04. The van der Waals surface area contributed by atoms with E-state index in [1.165, 1.54) is 13.0 Å². The van der Waals surface area contributed by atoms with E-state index in [1.807, 2.05) is 60.7 Å². The fourth-order valence-corrected chi connectivity index (χ4v) is 3.25. The van der Waals surface area contributed by atoms with Crippen LogP contribution in [0.5, 0.6) is 11.5 Å². The van der Waals surface area contributed by atoms with Gasteiger partial charge >= 0.3 is 0 Å². The molecule has 0 radical (unpaired) electrons. The Morgan fingerprint density at radius 1 is 0.882 bits per heavy atom. The Morgan fingerprint density at radius 2 is 1.41 bits per heavy atom. The van der Waals surface area contributed by atoms with Gasteiger partial charge in [0.15, 0.2) is 29.4 Å². The smallest absolute Gasteiger partial charge is 0.189 e. The van der Waals surface area contributed by atoms with E-state index in [9.17, 15) is 15.0 Å². The maximum atomic E-state index is 11.8. The molecule has 0 bridgehead atoms. The molecule has 0 amide bonds. The van der Waals surface area contributed by atoms with Crippen molar-refractivity contribution in [2.75, 3.05) is 6.61 Å². The van der Waals surface area contributed by atoms with Crippen LogP contribution >= 0.6 is 0 Å². The maximum absolute atomic E-state index is 11.8. The van der Waals surface area contributed by atoms with Gasteiger partial charge in [0.1, 0.15) is 18.1 Å². The molecule has 0 aliphatic heterocycles. The lowest BCUT2D eigenvalue weighted by Gasteiger charge is -2.13. The number of aromatic hydroxyl groups is 1. The number of nitrogens with zero attached hydrogens (tertiary/aromatic N) is 3. The van der Waals surface area contributed by atoms with Gasteiger partial charge in [-0.3, -0.25) is 4.79 Å². The molecule has 1 unspecified atom stereocenters. The van der Waals surface area contributed by atoms with Crippen molar-refractivity contribution in [1.29, 1.82) is 0 Å². The van der Waals surface area contributed by atoms with Crippen molar-refractivity contribution in [3.8, 4) is 45.7 Å². The molecule has 0 aliphatic rings. The molecule has 4 rings (SSSR count). The van der Waals surface area contributed by atoms with E-state index in [2.05, 4.69) is 21.5 Å². The van der Waals surface area contributed by atoms with Gasteiger partial charge in [0, 0.05) is 17.2 Å². The highest BCUT2D eigenvalue weighted by Gasteiger charge is 2.18. The summed E-state index contributed by atoms with van der Waals surface area (Å²) < 4.78 is 5.47. The Bertz CT molecular complexity index is 1270. The van der Waals surface area contributed by atoms with E-state index < -0.39 is 11.9 Å². The number of hydrogen-bond donors (Lipinski definition) is 2. The van der Waals surface area contributed by atoms with Gasteiger partial charge in [-0.05, 0) is 24.6 Å². The lowest BCUT2D eigenvalue weighted by molar-refractivity contribution is -0.124. The third kappa shape index (κ3) is 5.16. The van der Waals surface area contributed by atoms with Crippen molar-refractivity contribution in [2.24, 2.45) is 0 Å². The monoisotopic (exact) mass is 453 g/mol. The van der Waals surface area contributed by atoms with Gasteiger partial charge in [0.05, 0.1) is 5.56 Å². The first kappa shape index (κ1) is 22.8. The summed E-state index contributed by atoms with van der Waals surface area (Å²) in [7, 11) is 0. The quantitative estimate of drug-likeness (QED) is 0.379. The minimum atomic E-state index is -1.33. The molecule has 1 aromatic heterocycles. The molecule has 0 aliphatic carbocycles. The number of benzene rings is 3. The Kier molecular flexibility index (Phi) is 6.75. The molecule has 0 saturated heterocycles. The van der Waals surface area contributed by atoms with Gasteiger partial charge in [-0.2, -0.15) is 0 Å². The predicted octanol–water partition coefficient (Wildman–Crippen LogP) is 4.46. The van der Waals surface area contributed by atoms with Crippen molar-refractivity contribution in [1.82, 2.24) is 15.0 Å². The normalized spacial score (nSPS) is 11.6. The van der Waals surface area contributed by atoms with Crippen LogP contribution in [0.25, 0.3) is 34.2 Å². The van der Waals surface area contributed by atoms with Crippen molar-refractivity contribution in [2.45, 2.75) is 13.0 Å². The summed E-state index contributed by atoms with van der Waals surface area (Å²) >= 11 is 0. The molecule has 2 N–H and O–H groups in total. The van der Waals surface area contributed by atoms with Crippen LogP contribution in [0.3, 0.4) is 0 Å². The fourth-order valence-electron chi connectivity index (χ4n) is 3.25. The lowest BCUT2D eigenvalue weighted by Crippen LogP contribution is -2.27. The molecule has 0 fully saturated rings. The number of ketones is 1. The number of carbonyl (C=O) groups is 1. The Morgan fingerprint density at radius 3 is 1.91 bits per heavy atom. The third-order valence-electron chi connectivity index (χ3n) is 5.04. The molecule has 1 heterocycles. The van der Waals surface area contributed by atoms with Gasteiger partial charge < -0.3 is 14.9 Å². The number of Topliss-reactive ketones (excluding diaryl/α,β-unsaturated/α-hetero) is 1. The fraction of sp³-hybridized carbons (Fsp3) is 0.111. The van der Waals surface area contributed by atoms with Gasteiger partial charge in [0.2, 0.25) is 0 Å². The lowest BCUT2D eigenvalue weighted by atomic mass is 10.1. The zero-order valence-corrected chi connectivity index (χ0v) is 18.5. The Hall–Kier alpha value is -4.36. The summed E-state index contributed by atoms with van der Waals surface area (Å²) in [5.74, 6) is 0.941. The second-order valence-corrected chi connectivity index (χ2v) is 7.69. The van der Waals surface area contributed by atoms with Crippen LogP contribution in [0.1, 0.15) is 6.92 Å². The number of phenols is 1. The molecule has 7 nitrogen and oxygen atoms in total. The summed E-state index contributed by atoms with van der Waals surface area (Å²) in [6.07, 6.45) is -1.33. The van der Waals surface area contributed by atoms with Crippen LogP contribution in [0.15, 0.2) is 91.0 Å². The number of carbonyl (C=O) groups excluding carboxylic acids is 1. The molecule has 34 heavy (non-hydrogen) atoms. The number of aromatic nitrogens is 3. The maximum Gasteiger partial charge on any atom is 0.189 e. The standard InChI is InChI=1S/C27H23N3O4/c1-17(2)24(33)23(32)16-34-20-13-14-21(22(31)15-20)27-29-25(18-9-5-3-6-10-18)28-26(30-27)19-11-7-4-8-12-19/h3-15,23,31-32H,1,16H2,2H3. The Balaban J connectivity index is 1.68. The molecule has 4 aromatic rings. The first-order valence-electron chi connectivity index (χ1n) is 10.6. The van der Waals surface area contributed by atoms with E-state index in [0.29, 0.717) is 23.0 Å². The first-order valence-corrected chi connectivity index (χ1v) is 10.6. The van der Waals surface area contributed by atoms with Gasteiger partial charge in [-0.1, -0.05) is 67.2 Å². The second-order valence-electron chi connectivity index (χ2n) is 7.69. The average Bonchev–Trinajstić information content (AvgIpc) is 2.87. The number of aliphatic hydroxyl groups is 1. The summed E-state index contributed by atoms with van der Waals surface area (Å²) in [4.78, 5) is 25.6. The van der Waals surface area contributed by atoms with Crippen LogP contribution in [-0.4, -0.2) is 43.7 Å². The van der Waals surface area contributed by atoms with Gasteiger partial charge in [-0.25, -0.2) is 15.0 Å². The second kappa shape index (κ2) is 10.1. The van der Waals surface area contributed by atoms with Crippen molar-refractivity contribution >= 4 is 5.78 Å². The minimum absolute atomic E-state index is 0.109. The molecule has 170 valence electrons.